The summed E-state index contributed by atoms with van der Waals surface area (Å²) in [5.74, 6) is -0.656. The molecule has 0 spiro atoms. The fourth-order valence-corrected chi connectivity index (χ4v) is 3.05. The molecule has 1 aromatic heterocycles. The summed E-state index contributed by atoms with van der Waals surface area (Å²) in [6.45, 7) is 1.74. The van der Waals surface area contributed by atoms with Crippen molar-refractivity contribution in [3.05, 3.63) is 23.5 Å². The summed E-state index contributed by atoms with van der Waals surface area (Å²) in [5.41, 5.74) is 0. The van der Waals surface area contributed by atoms with Crippen LogP contribution in [0.2, 0.25) is 5.15 Å². The highest BCUT2D eigenvalue weighted by Crippen LogP contribution is 2.17. The van der Waals surface area contributed by atoms with Crippen LogP contribution in [0.5, 0.6) is 0 Å². The third kappa shape index (κ3) is 3.89. The van der Waals surface area contributed by atoms with Crippen LogP contribution in [0.15, 0.2) is 23.2 Å². The van der Waals surface area contributed by atoms with Crippen LogP contribution in [-0.2, 0) is 14.8 Å². The minimum Gasteiger partial charge on any atom is -0.359 e. The molecular weight excluding hydrogens is 290 g/mol. The highest BCUT2D eigenvalue weighted by Gasteiger charge is 2.24. The summed E-state index contributed by atoms with van der Waals surface area (Å²) < 4.78 is 25.6. The van der Waals surface area contributed by atoms with Crippen LogP contribution >= 0.6 is 11.6 Å². The number of carbonyl (C=O) groups excluding carboxylic acids is 1. The third-order valence-corrected chi connectivity index (χ3v) is 4.66. The first-order chi connectivity index (χ1) is 8.78. The van der Waals surface area contributed by atoms with E-state index in [0.29, 0.717) is 0 Å². The normalized spacial score (nSPS) is 13.3. The first-order valence-electron chi connectivity index (χ1n) is 5.58. The molecule has 106 valence electrons. The molecule has 0 aliphatic rings. The van der Waals surface area contributed by atoms with E-state index in [-0.39, 0.29) is 22.5 Å². The smallest absolute Gasteiger partial charge is 0.243 e. The second-order valence-corrected chi connectivity index (χ2v) is 6.55. The topological polar surface area (TPSA) is 79.4 Å². The zero-order valence-corrected chi connectivity index (χ0v) is 12.5. The van der Waals surface area contributed by atoms with Crippen LogP contribution in [0.1, 0.15) is 6.92 Å². The van der Waals surface area contributed by atoms with Crippen LogP contribution in [0, 0.1) is 5.92 Å². The number of halogens is 1. The Morgan fingerprint density at radius 3 is 2.74 bits per heavy atom. The van der Waals surface area contributed by atoms with Crippen molar-refractivity contribution in [1.82, 2.24) is 14.6 Å². The van der Waals surface area contributed by atoms with Gasteiger partial charge in [-0.15, -0.1) is 0 Å². The predicted molar refractivity (Wildman–Crippen MR) is 72.3 cm³/mol. The Hall–Kier alpha value is -1.18. The van der Waals surface area contributed by atoms with Gasteiger partial charge in [-0.1, -0.05) is 18.5 Å². The van der Waals surface area contributed by atoms with Crippen molar-refractivity contribution in [2.75, 3.05) is 20.6 Å². The fourth-order valence-electron chi connectivity index (χ4n) is 1.54. The Morgan fingerprint density at radius 2 is 2.21 bits per heavy atom. The Labute approximate surface area is 117 Å². The van der Waals surface area contributed by atoms with Crippen LogP contribution < -0.4 is 5.32 Å². The molecule has 1 amide bonds. The minimum absolute atomic E-state index is 0.0547. The number of amides is 1. The molecule has 1 rings (SSSR count). The maximum Gasteiger partial charge on any atom is 0.243 e. The zero-order chi connectivity index (χ0) is 14.6. The summed E-state index contributed by atoms with van der Waals surface area (Å²) >= 11 is 5.68. The number of carbonyl (C=O) groups is 1. The van der Waals surface area contributed by atoms with E-state index in [9.17, 15) is 13.2 Å². The molecule has 8 heteroatoms. The van der Waals surface area contributed by atoms with Gasteiger partial charge >= 0.3 is 0 Å². The molecule has 0 saturated heterocycles. The summed E-state index contributed by atoms with van der Waals surface area (Å²) in [6, 6.07) is 2.64. The molecule has 0 aromatic carbocycles. The van der Waals surface area contributed by atoms with Crippen molar-refractivity contribution in [3.63, 3.8) is 0 Å². The first-order valence-corrected chi connectivity index (χ1v) is 7.40. The quantitative estimate of drug-likeness (QED) is 0.814. The maximum absolute atomic E-state index is 12.2. The highest BCUT2D eigenvalue weighted by molar-refractivity contribution is 7.89. The van der Waals surface area contributed by atoms with E-state index in [2.05, 4.69) is 10.3 Å². The van der Waals surface area contributed by atoms with Gasteiger partial charge in [0.1, 0.15) is 5.15 Å². The van der Waals surface area contributed by atoms with Gasteiger partial charge < -0.3 is 5.32 Å². The van der Waals surface area contributed by atoms with Gasteiger partial charge in [0.15, 0.2) is 0 Å². The molecular formula is C11H16ClN3O3S. The Morgan fingerprint density at radius 1 is 1.58 bits per heavy atom. The van der Waals surface area contributed by atoms with Crippen LogP contribution in [0.25, 0.3) is 0 Å². The van der Waals surface area contributed by atoms with Gasteiger partial charge in [0.2, 0.25) is 15.9 Å². The predicted octanol–water partition coefficient (Wildman–Crippen LogP) is 0.738. The number of aromatic nitrogens is 1. The van der Waals surface area contributed by atoms with Gasteiger partial charge in [0.05, 0.1) is 4.90 Å². The van der Waals surface area contributed by atoms with E-state index in [1.54, 1.807) is 6.92 Å². The lowest BCUT2D eigenvalue weighted by molar-refractivity contribution is -0.124. The molecule has 0 aliphatic heterocycles. The number of rotatable bonds is 5. The molecule has 0 radical (unpaired) electrons. The maximum atomic E-state index is 12.2. The van der Waals surface area contributed by atoms with Gasteiger partial charge in [-0.3, -0.25) is 4.79 Å². The van der Waals surface area contributed by atoms with Gasteiger partial charge in [-0.25, -0.2) is 17.7 Å². The van der Waals surface area contributed by atoms with Crippen molar-refractivity contribution in [2.45, 2.75) is 11.8 Å². The molecule has 1 heterocycles. The molecule has 0 fully saturated rings. The summed E-state index contributed by atoms with van der Waals surface area (Å²) in [7, 11) is -0.740. The number of hydrogen-bond donors (Lipinski definition) is 1. The lowest BCUT2D eigenvalue weighted by atomic mass is 10.2. The lowest BCUT2D eigenvalue weighted by Crippen LogP contribution is -2.37. The molecule has 1 N–H and O–H groups in total. The van der Waals surface area contributed by atoms with E-state index >= 15 is 0 Å². The molecule has 1 aromatic rings. The molecule has 0 saturated carbocycles. The molecule has 0 bridgehead atoms. The molecule has 1 atom stereocenters. The average Bonchev–Trinajstić information content (AvgIpc) is 2.37. The zero-order valence-electron chi connectivity index (χ0n) is 10.9. The number of nitrogens with zero attached hydrogens (tertiary/aromatic N) is 2. The molecule has 0 aliphatic carbocycles. The number of sulfonamides is 1. The Bertz CT molecular complexity index is 562. The standard InChI is InChI=1S/C11H16ClN3O3S/c1-8(11(16)13-2)7-15(3)19(17,18)9-4-5-14-10(12)6-9/h4-6,8H,7H2,1-3H3,(H,13,16). The first kappa shape index (κ1) is 15.9. The van der Waals surface area contributed by atoms with Crippen molar-refractivity contribution >= 4 is 27.5 Å². The molecule has 19 heavy (non-hydrogen) atoms. The van der Waals surface area contributed by atoms with Gasteiger partial charge in [-0.05, 0) is 12.1 Å². The minimum atomic E-state index is -3.67. The van der Waals surface area contributed by atoms with Crippen molar-refractivity contribution in [3.8, 4) is 0 Å². The van der Waals surface area contributed by atoms with Gasteiger partial charge in [0, 0.05) is 32.8 Å². The molecule has 1 unspecified atom stereocenters. The van der Waals surface area contributed by atoms with E-state index in [4.69, 9.17) is 11.6 Å². The Balaban J connectivity index is 2.92. The van der Waals surface area contributed by atoms with Crippen LogP contribution in [0.4, 0.5) is 0 Å². The van der Waals surface area contributed by atoms with Gasteiger partial charge in [-0.2, -0.15) is 0 Å². The van der Waals surface area contributed by atoms with E-state index in [0.717, 1.165) is 4.31 Å². The second kappa shape index (κ2) is 6.31. The molecule has 6 nitrogen and oxygen atoms in total. The SMILES string of the molecule is CNC(=O)C(C)CN(C)S(=O)(=O)c1ccnc(Cl)c1. The number of hydrogen-bond acceptors (Lipinski definition) is 4. The monoisotopic (exact) mass is 305 g/mol. The van der Waals surface area contributed by atoms with Crippen molar-refractivity contribution in [1.29, 1.82) is 0 Å². The fraction of sp³-hybridized carbons (Fsp3) is 0.455. The van der Waals surface area contributed by atoms with E-state index in [1.807, 2.05) is 0 Å². The van der Waals surface area contributed by atoms with Crippen molar-refractivity contribution in [2.24, 2.45) is 5.92 Å². The highest BCUT2D eigenvalue weighted by atomic mass is 35.5. The number of pyridine rings is 1. The van der Waals surface area contributed by atoms with Crippen molar-refractivity contribution < 1.29 is 13.2 Å². The van der Waals surface area contributed by atoms with E-state index < -0.39 is 15.9 Å². The summed E-state index contributed by atoms with van der Waals surface area (Å²) in [6.07, 6.45) is 1.32. The van der Waals surface area contributed by atoms with E-state index in [1.165, 1.54) is 32.4 Å². The Kier molecular flexibility index (Phi) is 5.28. The lowest BCUT2D eigenvalue weighted by Gasteiger charge is -2.20. The largest absolute Gasteiger partial charge is 0.359 e. The number of nitrogens with one attached hydrogen (secondary N) is 1. The third-order valence-electron chi connectivity index (χ3n) is 2.63. The summed E-state index contributed by atoms with van der Waals surface area (Å²) in [5, 5.41) is 2.58. The van der Waals surface area contributed by atoms with Crippen LogP contribution in [0.3, 0.4) is 0 Å². The summed E-state index contributed by atoms with van der Waals surface area (Å²) in [4.78, 5) is 15.2. The van der Waals surface area contributed by atoms with Gasteiger partial charge in [0.25, 0.3) is 0 Å². The second-order valence-electron chi connectivity index (χ2n) is 4.12. The van der Waals surface area contributed by atoms with Crippen LogP contribution in [-0.4, -0.2) is 44.3 Å². The average molecular weight is 306 g/mol.